The van der Waals surface area contributed by atoms with Gasteiger partial charge >= 0.3 is 5.97 Å². The number of aliphatic carboxylic acids is 1. The zero-order valence-corrected chi connectivity index (χ0v) is 7.88. The number of Topliss-reactive ketones (excluding diaryl/α,β-unsaturated/α-hetero) is 1. The summed E-state index contributed by atoms with van der Waals surface area (Å²) in [6.45, 7) is 0. The van der Waals surface area contributed by atoms with Gasteiger partial charge in [0.2, 0.25) is 0 Å². The lowest BCUT2D eigenvalue weighted by Gasteiger charge is -2.04. The Labute approximate surface area is 86.8 Å². The molecule has 1 atom stereocenters. The van der Waals surface area contributed by atoms with Gasteiger partial charge in [-0.25, -0.2) is 0 Å². The molecule has 0 aliphatic rings. The first-order valence-electron chi connectivity index (χ1n) is 4.36. The molecule has 15 heavy (non-hydrogen) atoms. The van der Waals surface area contributed by atoms with E-state index in [4.69, 9.17) is 10.4 Å². The Morgan fingerprint density at radius 2 is 1.93 bits per heavy atom. The van der Waals surface area contributed by atoms with Crippen molar-refractivity contribution in [3.8, 4) is 6.07 Å². The van der Waals surface area contributed by atoms with Crippen molar-refractivity contribution >= 4 is 11.8 Å². The van der Waals surface area contributed by atoms with Crippen molar-refractivity contribution in [1.29, 1.82) is 5.26 Å². The van der Waals surface area contributed by atoms with Crippen LogP contribution < -0.4 is 0 Å². The van der Waals surface area contributed by atoms with Crippen LogP contribution in [0.1, 0.15) is 16.8 Å². The number of carbonyl (C=O) groups excluding carboxylic acids is 1. The molecule has 0 heterocycles. The van der Waals surface area contributed by atoms with E-state index in [1.807, 2.05) is 0 Å². The molecule has 1 N–H and O–H groups in total. The fourth-order valence-electron chi connectivity index (χ4n) is 1.18. The molecule has 0 saturated heterocycles. The minimum absolute atomic E-state index is 0.366. The lowest BCUT2D eigenvalue weighted by molar-refractivity contribution is -0.137. The second-order valence-electron chi connectivity index (χ2n) is 3.01. The summed E-state index contributed by atoms with van der Waals surface area (Å²) in [7, 11) is 0. The number of nitriles is 1. The highest BCUT2D eigenvalue weighted by atomic mass is 16.4. The molecule has 0 aliphatic heterocycles. The van der Waals surface area contributed by atoms with Crippen LogP contribution in [0.3, 0.4) is 0 Å². The van der Waals surface area contributed by atoms with E-state index in [9.17, 15) is 9.59 Å². The number of hydrogen-bond acceptors (Lipinski definition) is 3. The van der Waals surface area contributed by atoms with E-state index in [-0.39, 0.29) is 0 Å². The molecule has 1 rings (SSSR count). The van der Waals surface area contributed by atoms with E-state index < -0.39 is 24.1 Å². The Balaban J connectivity index is 2.84. The van der Waals surface area contributed by atoms with E-state index in [0.29, 0.717) is 5.56 Å². The van der Waals surface area contributed by atoms with Crippen LogP contribution >= 0.6 is 0 Å². The highest BCUT2D eigenvalue weighted by molar-refractivity contribution is 6.00. The van der Waals surface area contributed by atoms with Crippen molar-refractivity contribution in [1.82, 2.24) is 0 Å². The van der Waals surface area contributed by atoms with E-state index >= 15 is 0 Å². The van der Waals surface area contributed by atoms with Crippen molar-refractivity contribution < 1.29 is 14.7 Å². The van der Waals surface area contributed by atoms with Gasteiger partial charge in [-0.3, -0.25) is 9.59 Å². The number of carboxylic acid groups (broad SMARTS) is 1. The molecule has 0 aliphatic carbocycles. The van der Waals surface area contributed by atoms with Crippen molar-refractivity contribution in [2.24, 2.45) is 5.92 Å². The predicted molar refractivity (Wildman–Crippen MR) is 52.1 cm³/mol. The van der Waals surface area contributed by atoms with Crippen LogP contribution in [0.5, 0.6) is 0 Å². The van der Waals surface area contributed by atoms with Gasteiger partial charge < -0.3 is 5.11 Å². The third-order valence-electron chi connectivity index (χ3n) is 1.91. The molecule has 76 valence electrons. The first kappa shape index (κ1) is 10.9. The molecular formula is C11H9NO3. The summed E-state index contributed by atoms with van der Waals surface area (Å²) in [5.74, 6) is -2.70. The van der Waals surface area contributed by atoms with Crippen LogP contribution in [0.25, 0.3) is 0 Å². The molecule has 0 bridgehead atoms. The largest absolute Gasteiger partial charge is 0.481 e. The number of carbonyl (C=O) groups is 2. The van der Waals surface area contributed by atoms with Gasteiger partial charge in [-0.05, 0) is 0 Å². The van der Waals surface area contributed by atoms with Crippen molar-refractivity contribution in [3.63, 3.8) is 0 Å². The Morgan fingerprint density at radius 1 is 1.33 bits per heavy atom. The smallest absolute Gasteiger partial charge is 0.305 e. The standard InChI is InChI=1S/C11H9NO3/c12-7-9(6-10(13)14)11(15)8-4-2-1-3-5-8/h1-5,9H,6H2,(H,13,14). The summed E-state index contributed by atoms with van der Waals surface area (Å²) in [5, 5.41) is 17.2. The van der Waals surface area contributed by atoms with Crippen molar-refractivity contribution in [2.75, 3.05) is 0 Å². The predicted octanol–water partition coefficient (Wildman–Crippen LogP) is 1.48. The summed E-state index contributed by atoms with van der Waals surface area (Å²) in [5.41, 5.74) is 0.366. The number of ketones is 1. The van der Waals surface area contributed by atoms with Gasteiger partial charge in [-0.1, -0.05) is 30.3 Å². The number of rotatable bonds is 4. The molecule has 0 aromatic heterocycles. The Bertz CT molecular complexity index is 406. The number of hydrogen-bond donors (Lipinski definition) is 1. The van der Waals surface area contributed by atoms with Crippen LogP contribution in [-0.4, -0.2) is 16.9 Å². The minimum Gasteiger partial charge on any atom is -0.481 e. The number of carboxylic acids is 1. The Hall–Kier alpha value is -2.15. The number of nitrogens with zero attached hydrogens (tertiary/aromatic N) is 1. The third kappa shape index (κ3) is 2.92. The van der Waals surface area contributed by atoms with E-state index in [1.165, 1.54) is 0 Å². The van der Waals surface area contributed by atoms with Crippen molar-refractivity contribution in [2.45, 2.75) is 6.42 Å². The topological polar surface area (TPSA) is 78.2 Å². The molecule has 1 aromatic rings. The van der Waals surface area contributed by atoms with Crippen LogP contribution in [0.4, 0.5) is 0 Å². The highest BCUT2D eigenvalue weighted by Crippen LogP contribution is 2.11. The summed E-state index contributed by atoms with van der Waals surface area (Å²) in [6, 6.07) is 9.91. The van der Waals surface area contributed by atoms with Gasteiger partial charge in [0.05, 0.1) is 12.5 Å². The fourth-order valence-corrected chi connectivity index (χ4v) is 1.18. The van der Waals surface area contributed by atoms with Gasteiger partial charge in [-0.2, -0.15) is 5.26 Å². The molecular weight excluding hydrogens is 194 g/mol. The summed E-state index contributed by atoms with van der Waals surface area (Å²) >= 11 is 0. The molecule has 4 nitrogen and oxygen atoms in total. The molecule has 1 unspecified atom stereocenters. The zero-order chi connectivity index (χ0) is 11.3. The first-order chi connectivity index (χ1) is 7.15. The maximum atomic E-state index is 11.6. The molecule has 0 spiro atoms. The second kappa shape index (κ2) is 4.91. The normalized spacial score (nSPS) is 11.4. The third-order valence-corrected chi connectivity index (χ3v) is 1.91. The van der Waals surface area contributed by atoms with Crippen LogP contribution in [-0.2, 0) is 4.79 Å². The van der Waals surface area contributed by atoms with E-state index in [0.717, 1.165) is 0 Å². The quantitative estimate of drug-likeness (QED) is 0.752. The maximum Gasteiger partial charge on any atom is 0.305 e. The summed E-state index contributed by atoms with van der Waals surface area (Å²) in [6.07, 6.45) is -0.454. The second-order valence-corrected chi connectivity index (χ2v) is 3.01. The van der Waals surface area contributed by atoms with Crippen LogP contribution in [0.15, 0.2) is 30.3 Å². The molecule has 0 amide bonds. The molecule has 4 heteroatoms. The lowest BCUT2D eigenvalue weighted by Crippen LogP contribution is -2.16. The van der Waals surface area contributed by atoms with Crippen LogP contribution in [0.2, 0.25) is 0 Å². The van der Waals surface area contributed by atoms with Crippen molar-refractivity contribution in [3.05, 3.63) is 35.9 Å². The average molecular weight is 203 g/mol. The van der Waals surface area contributed by atoms with Gasteiger partial charge in [0, 0.05) is 5.56 Å². The van der Waals surface area contributed by atoms with E-state index in [2.05, 4.69) is 0 Å². The molecule has 0 saturated carbocycles. The SMILES string of the molecule is N#CC(CC(=O)O)C(=O)c1ccccc1. The lowest BCUT2D eigenvalue weighted by atomic mass is 9.96. The van der Waals surface area contributed by atoms with Gasteiger partial charge in [0.1, 0.15) is 5.92 Å². The summed E-state index contributed by atoms with van der Waals surface area (Å²) in [4.78, 5) is 22.0. The van der Waals surface area contributed by atoms with E-state index in [1.54, 1.807) is 36.4 Å². The van der Waals surface area contributed by atoms with Gasteiger partial charge in [0.15, 0.2) is 5.78 Å². The average Bonchev–Trinajstić information content (AvgIpc) is 2.26. The Morgan fingerprint density at radius 3 is 2.40 bits per heavy atom. The minimum atomic E-state index is -1.15. The summed E-state index contributed by atoms with van der Waals surface area (Å²) < 4.78 is 0. The van der Waals surface area contributed by atoms with Gasteiger partial charge in [0.25, 0.3) is 0 Å². The molecule has 0 fully saturated rings. The Kier molecular flexibility index (Phi) is 3.58. The van der Waals surface area contributed by atoms with Gasteiger partial charge in [-0.15, -0.1) is 0 Å². The monoisotopic (exact) mass is 203 g/mol. The molecule has 0 radical (unpaired) electrons. The molecule has 1 aromatic carbocycles. The van der Waals surface area contributed by atoms with Crippen LogP contribution in [0, 0.1) is 17.2 Å². The highest BCUT2D eigenvalue weighted by Gasteiger charge is 2.22. The first-order valence-corrected chi connectivity index (χ1v) is 4.36. The zero-order valence-electron chi connectivity index (χ0n) is 7.88. The maximum absolute atomic E-state index is 11.6. The number of benzene rings is 1. The fraction of sp³-hybridized carbons (Fsp3) is 0.182.